The first-order valence-corrected chi connectivity index (χ1v) is 9.72. The van der Waals surface area contributed by atoms with Gasteiger partial charge < -0.3 is 10.4 Å². The van der Waals surface area contributed by atoms with E-state index in [1.165, 1.54) is 63.5 Å². The van der Waals surface area contributed by atoms with Gasteiger partial charge in [0.05, 0.1) is 6.10 Å². The van der Waals surface area contributed by atoms with Crippen molar-refractivity contribution >= 4 is 0 Å². The molecule has 1 heterocycles. The number of nitrogens with one attached hydrogen (secondary N) is 1. The van der Waals surface area contributed by atoms with Crippen LogP contribution in [-0.2, 0) is 0 Å². The lowest BCUT2D eigenvalue weighted by Gasteiger charge is -2.39. The summed E-state index contributed by atoms with van der Waals surface area (Å²) >= 11 is 0. The van der Waals surface area contributed by atoms with Crippen LogP contribution in [0, 0.1) is 23.7 Å². The molecule has 0 amide bonds. The molecule has 0 aromatic carbocycles. The zero-order chi connectivity index (χ0) is 15.9. The van der Waals surface area contributed by atoms with Crippen LogP contribution in [0.4, 0.5) is 0 Å². The van der Waals surface area contributed by atoms with E-state index in [0.29, 0.717) is 11.8 Å². The van der Waals surface area contributed by atoms with Crippen molar-refractivity contribution in [2.75, 3.05) is 13.1 Å². The molecule has 5 atom stereocenters. The molecular weight excluding hydrogens is 270 g/mol. The van der Waals surface area contributed by atoms with Crippen molar-refractivity contribution in [2.24, 2.45) is 23.7 Å². The summed E-state index contributed by atoms with van der Waals surface area (Å²) in [6, 6.07) is 0. The van der Waals surface area contributed by atoms with Gasteiger partial charge in [-0.1, -0.05) is 38.8 Å². The summed E-state index contributed by atoms with van der Waals surface area (Å²) < 4.78 is 0. The minimum atomic E-state index is -0.0936. The van der Waals surface area contributed by atoms with Crippen molar-refractivity contribution < 1.29 is 5.11 Å². The summed E-state index contributed by atoms with van der Waals surface area (Å²) in [5.41, 5.74) is 1.47. The maximum absolute atomic E-state index is 10.4. The smallest absolute Gasteiger partial charge is 0.0568 e. The van der Waals surface area contributed by atoms with Gasteiger partial charge in [-0.2, -0.15) is 0 Å². The van der Waals surface area contributed by atoms with Crippen molar-refractivity contribution in [1.82, 2.24) is 5.32 Å². The van der Waals surface area contributed by atoms with E-state index in [9.17, 15) is 5.11 Å². The van der Waals surface area contributed by atoms with Gasteiger partial charge in [-0.05, 0) is 75.2 Å². The van der Waals surface area contributed by atoms with Crippen LogP contribution in [0.15, 0.2) is 12.2 Å². The summed E-state index contributed by atoms with van der Waals surface area (Å²) in [4.78, 5) is 0. The molecule has 22 heavy (non-hydrogen) atoms. The van der Waals surface area contributed by atoms with Crippen LogP contribution in [0.1, 0.15) is 71.6 Å². The zero-order valence-corrected chi connectivity index (χ0v) is 14.8. The molecule has 2 fully saturated rings. The van der Waals surface area contributed by atoms with E-state index in [4.69, 9.17) is 0 Å². The SMILES string of the molecule is C=C(CC1CCC(CCC)C(C(O)CC)C1)C1CCCNC1. The summed E-state index contributed by atoms with van der Waals surface area (Å²) in [5.74, 6) is 2.73. The Bertz CT molecular complexity index is 335. The molecule has 2 heteroatoms. The van der Waals surface area contributed by atoms with Crippen molar-refractivity contribution in [2.45, 2.75) is 77.7 Å². The first kappa shape index (κ1) is 18.0. The Morgan fingerprint density at radius 3 is 2.73 bits per heavy atom. The van der Waals surface area contributed by atoms with Gasteiger partial charge in [0.2, 0.25) is 0 Å². The Hall–Kier alpha value is -0.340. The maximum atomic E-state index is 10.4. The number of aliphatic hydroxyl groups is 1. The molecule has 0 spiro atoms. The van der Waals surface area contributed by atoms with Gasteiger partial charge in [-0.25, -0.2) is 0 Å². The fourth-order valence-electron chi connectivity index (χ4n) is 4.79. The van der Waals surface area contributed by atoms with E-state index >= 15 is 0 Å². The first-order valence-electron chi connectivity index (χ1n) is 9.72. The number of hydrogen-bond donors (Lipinski definition) is 2. The summed E-state index contributed by atoms with van der Waals surface area (Å²) in [5, 5.41) is 14.0. The Balaban J connectivity index is 1.88. The second-order valence-corrected chi connectivity index (χ2v) is 7.77. The lowest BCUT2D eigenvalue weighted by molar-refractivity contribution is 0.0241. The van der Waals surface area contributed by atoms with Crippen LogP contribution < -0.4 is 5.32 Å². The monoisotopic (exact) mass is 307 g/mol. The highest BCUT2D eigenvalue weighted by Gasteiger charge is 2.34. The number of rotatable bonds is 7. The molecule has 0 aromatic heterocycles. The lowest BCUT2D eigenvalue weighted by atomic mass is 9.68. The molecule has 2 aliphatic rings. The third-order valence-electron chi connectivity index (χ3n) is 6.15. The van der Waals surface area contributed by atoms with Crippen LogP contribution in [0.2, 0.25) is 0 Å². The highest BCUT2D eigenvalue weighted by atomic mass is 16.3. The zero-order valence-electron chi connectivity index (χ0n) is 14.8. The van der Waals surface area contributed by atoms with Gasteiger partial charge in [-0.15, -0.1) is 0 Å². The van der Waals surface area contributed by atoms with E-state index in [-0.39, 0.29) is 6.10 Å². The largest absolute Gasteiger partial charge is 0.393 e. The lowest BCUT2D eigenvalue weighted by Crippen LogP contribution is -2.35. The van der Waals surface area contributed by atoms with Gasteiger partial charge in [0.1, 0.15) is 0 Å². The van der Waals surface area contributed by atoms with Crippen molar-refractivity contribution in [3.05, 3.63) is 12.2 Å². The summed E-state index contributed by atoms with van der Waals surface area (Å²) in [6.45, 7) is 11.1. The molecule has 1 aliphatic heterocycles. The number of hydrogen-bond acceptors (Lipinski definition) is 2. The van der Waals surface area contributed by atoms with Crippen LogP contribution in [0.3, 0.4) is 0 Å². The summed E-state index contributed by atoms with van der Waals surface area (Å²) in [7, 11) is 0. The minimum absolute atomic E-state index is 0.0936. The number of aliphatic hydroxyl groups excluding tert-OH is 1. The van der Waals surface area contributed by atoms with Crippen LogP contribution in [0.5, 0.6) is 0 Å². The Morgan fingerprint density at radius 1 is 1.27 bits per heavy atom. The third kappa shape index (κ3) is 4.83. The van der Waals surface area contributed by atoms with E-state index in [1.54, 1.807) is 0 Å². The predicted molar refractivity (Wildman–Crippen MR) is 94.9 cm³/mol. The van der Waals surface area contributed by atoms with Crippen molar-refractivity contribution in [1.29, 1.82) is 0 Å². The van der Waals surface area contributed by atoms with Crippen LogP contribution >= 0.6 is 0 Å². The fourth-order valence-corrected chi connectivity index (χ4v) is 4.79. The molecule has 2 N–H and O–H groups in total. The third-order valence-corrected chi connectivity index (χ3v) is 6.15. The standard InChI is InChI=1S/C20H37NO/c1-4-7-17-10-9-16(13-19(17)20(22)5-2)12-15(3)18-8-6-11-21-14-18/h16-22H,3-14H2,1-2H3. The first-order chi connectivity index (χ1) is 10.7. The molecule has 2 nitrogen and oxygen atoms in total. The van der Waals surface area contributed by atoms with Crippen molar-refractivity contribution in [3.8, 4) is 0 Å². The Morgan fingerprint density at radius 2 is 2.09 bits per heavy atom. The van der Waals surface area contributed by atoms with Gasteiger partial charge in [0.15, 0.2) is 0 Å². The molecule has 1 aliphatic carbocycles. The van der Waals surface area contributed by atoms with Crippen molar-refractivity contribution in [3.63, 3.8) is 0 Å². The van der Waals surface area contributed by atoms with Gasteiger partial charge in [-0.3, -0.25) is 0 Å². The van der Waals surface area contributed by atoms with Crippen LogP contribution in [-0.4, -0.2) is 24.3 Å². The highest BCUT2D eigenvalue weighted by Crippen LogP contribution is 2.42. The fraction of sp³-hybridized carbons (Fsp3) is 0.900. The second-order valence-electron chi connectivity index (χ2n) is 7.77. The molecular formula is C20H37NO. The average molecular weight is 308 g/mol. The molecule has 0 bridgehead atoms. The van der Waals surface area contributed by atoms with Crippen LogP contribution in [0.25, 0.3) is 0 Å². The molecule has 0 radical (unpaired) electrons. The van der Waals surface area contributed by atoms with E-state index in [2.05, 4.69) is 25.7 Å². The van der Waals surface area contributed by atoms with Gasteiger partial charge in [0.25, 0.3) is 0 Å². The molecule has 0 aromatic rings. The quantitative estimate of drug-likeness (QED) is 0.677. The Labute approximate surface area is 137 Å². The molecule has 2 rings (SSSR count). The van der Waals surface area contributed by atoms with E-state index in [1.807, 2.05) is 0 Å². The summed E-state index contributed by atoms with van der Waals surface area (Å²) in [6.07, 6.45) is 11.0. The normalized spacial score (nSPS) is 34.3. The topological polar surface area (TPSA) is 32.3 Å². The molecule has 5 unspecified atom stereocenters. The number of piperidine rings is 1. The van der Waals surface area contributed by atoms with E-state index < -0.39 is 0 Å². The maximum Gasteiger partial charge on any atom is 0.0568 e. The highest BCUT2D eigenvalue weighted by molar-refractivity contribution is 5.05. The van der Waals surface area contributed by atoms with E-state index in [0.717, 1.165) is 24.8 Å². The molecule has 1 saturated carbocycles. The minimum Gasteiger partial charge on any atom is -0.393 e. The van der Waals surface area contributed by atoms with Gasteiger partial charge in [0, 0.05) is 6.54 Å². The van der Waals surface area contributed by atoms with Gasteiger partial charge >= 0.3 is 0 Å². The Kier molecular flexibility index (Phi) is 7.43. The second kappa shape index (κ2) is 9.08. The average Bonchev–Trinajstić information content (AvgIpc) is 2.56. The molecule has 1 saturated heterocycles. The predicted octanol–water partition coefficient (Wildman–Crippen LogP) is 4.54. The molecule has 128 valence electrons.